The third-order valence-electron chi connectivity index (χ3n) is 8.45. The maximum Gasteiger partial charge on any atom is -0.0241 e. The molecule has 0 N–H and O–H groups in total. The first kappa shape index (κ1) is 14.9. The van der Waals surface area contributed by atoms with Gasteiger partial charge in [-0.25, -0.2) is 0 Å². The van der Waals surface area contributed by atoms with Crippen molar-refractivity contribution in [3.63, 3.8) is 0 Å². The predicted molar refractivity (Wildman–Crippen MR) is 87.6 cm³/mol. The van der Waals surface area contributed by atoms with Gasteiger partial charge in [-0.1, -0.05) is 48.0 Å². The van der Waals surface area contributed by atoms with E-state index in [9.17, 15) is 0 Å². The van der Waals surface area contributed by atoms with Gasteiger partial charge in [0.1, 0.15) is 0 Å². The molecule has 0 aromatic heterocycles. The second-order valence-corrected chi connectivity index (χ2v) is 9.71. The van der Waals surface area contributed by atoms with Crippen molar-refractivity contribution in [2.45, 2.75) is 80.1 Å². The van der Waals surface area contributed by atoms with Crippen LogP contribution in [0.25, 0.3) is 0 Å². The zero-order chi connectivity index (χ0) is 14.7. The summed E-state index contributed by atoms with van der Waals surface area (Å²) in [4.78, 5) is 0. The highest BCUT2D eigenvalue weighted by atomic mass is 14.7. The van der Waals surface area contributed by atoms with Crippen molar-refractivity contribution in [1.29, 1.82) is 0 Å². The Labute approximate surface area is 127 Å². The molecule has 3 rings (SSSR count). The van der Waals surface area contributed by atoms with Gasteiger partial charge in [0.15, 0.2) is 0 Å². The van der Waals surface area contributed by atoms with Crippen LogP contribution in [0.5, 0.6) is 0 Å². The summed E-state index contributed by atoms with van der Waals surface area (Å²) in [6, 6.07) is 0. The third-order valence-corrected chi connectivity index (χ3v) is 8.45. The Morgan fingerprint density at radius 2 is 1.65 bits per heavy atom. The van der Waals surface area contributed by atoms with Crippen LogP contribution >= 0.6 is 0 Å². The Morgan fingerprint density at radius 3 is 2.15 bits per heavy atom. The van der Waals surface area contributed by atoms with Crippen molar-refractivity contribution in [2.75, 3.05) is 0 Å². The Kier molecular flexibility index (Phi) is 3.54. The summed E-state index contributed by atoms with van der Waals surface area (Å²) in [5.41, 5.74) is 1.23. The van der Waals surface area contributed by atoms with E-state index >= 15 is 0 Å². The molecule has 3 aliphatic carbocycles. The fraction of sp³-hybridized carbons (Fsp3) is 1.00. The fourth-order valence-electron chi connectivity index (χ4n) is 6.65. The summed E-state index contributed by atoms with van der Waals surface area (Å²) >= 11 is 0. The molecule has 0 nitrogen and oxygen atoms in total. The summed E-state index contributed by atoms with van der Waals surface area (Å²) in [5, 5.41) is 0. The van der Waals surface area contributed by atoms with Crippen LogP contribution in [-0.4, -0.2) is 0 Å². The maximum atomic E-state index is 2.65. The van der Waals surface area contributed by atoms with Gasteiger partial charge in [-0.3, -0.25) is 0 Å². The molecule has 0 aliphatic heterocycles. The zero-order valence-electron chi connectivity index (χ0n) is 14.7. The second kappa shape index (κ2) is 4.75. The molecule has 0 aromatic carbocycles. The highest BCUT2D eigenvalue weighted by molar-refractivity contribution is 5.12. The summed E-state index contributed by atoms with van der Waals surface area (Å²) in [5.74, 6) is 5.92. The molecule has 20 heavy (non-hydrogen) atoms. The lowest BCUT2D eigenvalue weighted by atomic mass is 9.56. The topological polar surface area (TPSA) is 0 Å². The minimum absolute atomic E-state index is 0.597. The first-order valence-corrected chi connectivity index (χ1v) is 9.27. The van der Waals surface area contributed by atoms with E-state index in [1.807, 2.05) is 0 Å². The van der Waals surface area contributed by atoms with Gasteiger partial charge in [-0.2, -0.15) is 0 Å². The normalized spacial score (nSPS) is 50.9. The molecule has 116 valence electrons. The molecule has 0 radical (unpaired) electrons. The molecule has 0 heterocycles. The molecule has 0 spiro atoms. The van der Waals surface area contributed by atoms with Crippen LogP contribution in [0.15, 0.2) is 0 Å². The summed E-state index contributed by atoms with van der Waals surface area (Å²) in [7, 11) is 0. The summed E-state index contributed by atoms with van der Waals surface area (Å²) in [6.07, 6.45) is 9.06. The van der Waals surface area contributed by atoms with Gasteiger partial charge in [0, 0.05) is 0 Å². The molecule has 3 fully saturated rings. The van der Waals surface area contributed by atoms with Crippen LogP contribution in [-0.2, 0) is 0 Å². The average molecular weight is 277 g/mol. The van der Waals surface area contributed by atoms with Crippen molar-refractivity contribution < 1.29 is 0 Å². The van der Waals surface area contributed by atoms with E-state index < -0.39 is 0 Å². The van der Waals surface area contributed by atoms with Crippen LogP contribution in [0.3, 0.4) is 0 Å². The number of hydrogen-bond donors (Lipinski definition) is 0. The van der Waals surface area contributed by atoms with Gasteiger partial charge in [-0.15, -0.1) is 0 Å². The van der Waals surface area contributed by atoms with Crippen molar-refractivity contribution >= 4 is 0 Å². The van der Waals surface area contributed by atoms with Gasteiger partial charge >= 0.3 is 0 Å². The Balaban J connectivity index is 1.88. The van der Waals surface area contributed by atoms with E-state index in [4.69, 9.17) is 0 Å². The quantitative estimate of drug-likeness (QED) is 0.567. The molecule has 6 atom stereocenters. The van der Waals surface area contributed by atoms with Crippen molar-refractivity contribution in [3.05, 3.63) is 0 Å². The SMILES string of the molecule is CC1CCC(C(C)C)C(C2CC3CCC2(C)C3(C)C)C1. The van der Waals surface area contributed by atoms with Crippen LogP contribution in [0.1, 0.15) is 80.1 Å². The number of rotatable bonds is 2. The van der Waals surface area contributed by atoms with E-state index in [0.29, 0.717) is 10.8 Å². The summed E-state index contributed by atoms with van der Waals surface area (Å²) in [6.45, 7) is 15.3. The molecule has 3 saturated carbocycles. The third kappa shape index (κ3) is 1.92. The second-order valence-electron chi connectivity index (χ2n) is 9.71. The van der Waals surface area contributed by atoms with Crippen LogP contribution in [0.4, 0.5) is 0 Å². The largest absolute Gasteiger partial charge is 0.0625 e. The van der Waals surface area contributed by atoms with Crippen molar-refractivity contribution in [1.82, 2.24) is 0 Å². The smallest absolute Gasteiger partial charge is 0.0241 e. The van der Waals surface area contributed by atoms with Gasteiger partial charge < -0.3 is 0 Å². The zero-order valence-corrected chi connectivity index (χ0v) is 14.7. The summed E-state index contributed by atoms with van der Waals surface area (Å²) < 4.78 is 0. The molecule has 6 unspecified atom stereocenters. The molecule has 3 aliphatic rings. The predicted octanol–water partition coefficient (Wildman–Crippen LogP) is 6.16. The van der Waals surface area contributed by atoms with E-state index in [0.717, 1.165) is 35.5 Å². The Morgan fingerprint density at radius 1 is 0.950 bits per heavy atom. The van der Waals surface area contributed by atoms with Crippen molar-refractivity contribution in [2.24, 2.45) is 46.3 Å². The lowest BCUT2D eigenvalue weighted by Gasteiger charge is -2.49. The van der Waals surface area contributed by atoms with Crippen LogP contribution < -0.4 is 0 Å². The molecule has 0 saturated heterocycles. The minimum Gasteiger partial charge on any atom is -0.0625 e. The van der Waals surface area contributed by atoms with Gasteiger partial charge in [0.2, 0.25) is 0 Å². The van der Waals surface area contributed by atoms with Crippen molar-refractivity contribution in [3.8, 4) is 0 Å². The number of hydrogen-bond acceptors (Lipinski definition) is 0. The highest BCUT2D eigenvalue weighted by Crippen LogP contribution is 2.71. The molecule has 0 aromatic rings. The Hall–Kier alpha value is 0. The first-order valence-electron chi connectivity index (χ1n) is 9.27. The standard InChI is InChI=1S/C20H36/c1-13(2)16-8-7-14(3)11-17(16)18-12-15-9-10-20(18,6)19(15,4)5/h13-18H,7-12H2,1-6H3. The van der Waals surface area contributed by atoms with E-state index in [2.05, 4.69) is 41.5 Å². The highest BCUT2D eigenvalue weighted by Gasteiger charge is 2.63. The lowest BCUT2D eigenvalue weighted by molar-refractivity contribution is 0.00220. The van der Waals surface area contributed by atoms with E-state index in [1.165, 1.54) is 32.1 Å². The average Bonchev–Trinajstić information content (AvgIpc) is 2.70. The molecular weight excluding hydrogens is 240 g/mol. The minimum atomic E-state index is 0.597. The van der Waals surface area contributed by atoms with Crippen LogP contribution in [0, 0.1) is 46.3 Å². The molecular formula is C20H36. The monoisotopic (exact) mass is 276 g/mol. The first-order chi connectivity index (χ1) is 9.27. The maximum absolute atomic E-state index is 2.65. The Bertz CT molecular complexity index is 366. The molecule has 2 bridgehead atoms. The molecule has 0 amide bonds. The van der Waals surface area contributed by atoms with Gasteiger partial charge in [0.05, 0.1) is 0 Å². The van der Waals surface area contributed by atoms with E-state index in [-0.39, 0.29) is 0 Å². The fourth-order valence-corrected chi connectivity index (χ4v) is 6.65. The molecule has 0 heteroatoms. The number of fused-ring (bicyclic) bond motifs is 2. The van der Waals surface area contributed by atoms with Crippen LogP contribution in [0.2, 0.25) is 0 Å². The van der Waals surface area contributed by atoms with Gasteiger partial charge in [0.25, 0.3) is 0 Å². The lowest BCUT2D eigenvalue weighted by Crippen LogP contribution is -2.41. The van der Waals surface area contributed by atoms with Gasteiger partial charge in [-0.05, 0) is 78.4 Å². The van der Waals surface area contributed by atoms with E-state index in [1.54, 1.807) is 6.42 Å².